The maximum atomic E-state index is 12.8. The highest BCUT2D eigenvalue weighted by Gasteiger charge is 2.19. The van der Waals surface area contributed by atoms with E-state index in [-0.39, 0.29) is 19.0 Å². The Morgan fingerprint density at radius 2 is 1.63 bits per heavy atom. The fourth-order valence-corrected chi connectivity index (χ4v) is 2.54. The topological polar surface area (TPSA) is 78.9 Å². The van der Waals surface area contributed by atoms with Gasteiger partial charge in [-0.2, -0.15) is 0 Å². The van der Waals surface area contributed by atoms with Crippen LogP contribution in [0, 0.1) is 0 Å². The van der Waals surface area contributed by atoms with Gasteiger partial charge >= 0.3 is 11.9 Å². The van der Waals surface area contributed by atoms with E-state index in [9.17, 15) is 14.4 Å². The minimum atomic E-state index is -0.718. The average Bonchev–Trinajstić information content (AvgIpc) is 2.66. The Labute approximate surface area is 162 Å². The highest BCUT2D eigenvalue weighted by atomic mass is 35.5. The summed E-state index contributed by atoms with van der Waals surface area (Å²) in [6.45, 7) is 1.70. The number of methoxy groups -OCH3 is 1. The van der Waals surface area contributed by atoms with E-state index in [0.29, 0.717) is 27.5 Å². The number of hydrogen-bond donors (Lipinski definition) is 0. The maximum Gasteiger partial charge on any atom is 0.317 e. The summed E-state index contributed by atoms with van der Waals surface area (Å²) in [5.41, 5.74) is 1.29. The Morgan fingerprint density at radius 3 is 2.26 bits per heavy atom. The molecule has 2 aromatic carbocycles. The van der Waals surface area contributed by atoms with E-state index in [2.05, 4.69) is 0 Å². The molecular weight excluding hydrogens is 372 g/mol. The third kappa shape index (κ3) is 5.56. The summed E-state index contributed by atoms with van der Waals surface area (Å²) in [4.78, 5) is 35.8. The lowest BCUT2D eigenvalue weighted by Gasteiger charge is -2.13. The standard InChI is InChI=1S/C20H19ClO6/c1-3-26-17(22)11-18(23)27-12-14-5-4-6-16(20(14)25-2)19(24)13-7-9-15(21)10-8-13/h4-10H,3,11-12H2,1-2H3. The molecule has 0 heterocycles. The molecule has 0 unspecified atom stereocenters. The molecule has 0 aliphatic carbocycles. The van der Waals surface area contributed by atoms with Gasteiger partial charge in [-0.05, 0) is 37.3 Å². The maximum absolute atomic E-state index is 12.8. The molecule has 0 spiro atoms. The monoisotopic (exact) mass is 390 g/mol. The van der Waals surface area contributed by atoms with Crippen molar-refractivity contribution < 1.29 is 28.6 Å². The molecule has 7 heteroatoms. The van der Waals surface area contributed by atoms with Gasteiger partial charge in [0, 0.05) is 16.1 Å². The first-order chi connectivity index (χ1) is 13.0. The molecule has 0 atom stereocenters. The number of para-hydroxylation sites is 1. The van der Waals surface area contributed by atoms with Gasteiger partial charge < -0.3 is 14.2 Å². The number of hydrogen-bond acceptors (Lipinski definition) is 6. The Kier molecular flexibility index (Phi) is 7.37. The van der Waals surface area contributed by atoms with Crippen LogP contribution in [-0.2, 0) is 25.7 Å². The van der Waals surface area contributed by atoms with E-state index in [0.717, 1.165) is 0 Å². The van der Waals surface area contributed by atoms with Gasteiger partial charge in [0.2, 0.25) is 0 Å². The third-order valence-corrected chi connectivity index (χ3v) is 3.89. The van der Waals surface area contributed by atoms with Crippen LogP contribution < -0.4 is 4.74 Å². The van der Waals surface area contributed by atoms with Crippen molar-refractivity contribution in [3.05, 3.63) is 64.2 Å². The summed E-state index contributed by atoms with van der Waals surface area (Å²) in [6.07, 6.45) is -0.473. The van der Waals surface area contributed by atoms with Crippen molar-refractivity contribution in [3.8, 4) is 5.75 Å². The molecule has 0 aliphatic heterocycles. The number of rotatable bonds is 8. The van der Waals surface area contributed by atoms with Gasteiger partial charge in [-0.15, -0.1) is 0 Å². The van der Waals surface area contributed by atoms with Crippen LogP contribution in [0.3, 0.4) is 0 Å². The molecule has 27 heavy (non-hydrogen) atoms. The largest absolute Gasteiger partial charge is 0.496 e. The number of carbonyl (C=O) groups is 3. The van der Waals surface area contributed by atoms with Crippen molar-refractivity contribution in [2.45, 2.75) is 20.0 Å². The highest BCUT2D eigenvalue weighted by Crippen LogP contribution is 2.27. The van der Waals surface area contributed by atoms with Crippen molar-refractivity contribution in [1.29, 1.82) is 0 Å². The summed E-state index contributed by atoms with van der Waals surface area (Å²) in [6, 6.07) is 11.5. The number of halogens is 1. The number of ether oxygens (including phenoxy) is 3. The minimum Gasteiger partial charge on any atom is -0.496 e. The molecule has 0 aliphatic rings. The third-order valence-electron chi connectivity index (χ3n) is 3.63. The van der Waals surface area contributed by atoms with Gasteiger partial charge in [-0.3, -0.25) is 14.4 Å². The van der Waals surface area contributed by atoms with Gasteiger partial charge in [0.05, 0.1) is 19.3 Å². The first-order valence-electron chi connectivity index (χ1n) is 8.23. The predicted octanol–water partition coefficient (Wildman–Crippen LogP) is 3.58. The van der Waals surface area contributed by atoms with Crippen LogP contribution in [0.15, 0.2) is 42.5 Å². The molecule has 0 bridgehead atoms. The molecule has 6 nitrogen and oxygen atoms in total. The average molecular weight is 391 g/mol. The smallest absolute Gasteiger partial charge is 0.317 e. The van der Waals surface area contributed by atoms with Gasteiger partial charge in [0.1, 0.15) is 18.8 Å². The molecule has 0 saturated carbocycles. The van der Waals surface area contributed by atoms with Crippen molar-refractivity contribution >= 4 is 29.3 Å². The SMILES string of the molecule is CCOC(=O)CC(=O)OCc1cccc(C(=O)c2ccc(Cl)cc2)c1OC. The van der Waals surface area contributed by atoms with Gasteiger partial charge in [0.15, 0.2) is 5.78 Å². The van der Waals surface area contributed by atoms with E-state index >= 15 is 0 Å². The van der Waals surface area contributed by atoms with E-state index < -0.39 is 18.4 Å². The second-order valence-electron chi connectivity index (χ2n) is 5.48. The summed E-state index contributed by atoms with van der Waals surface area (Å²) in [5.74, 6) is -1.31. The zero-order valence-electron chi connectivity index (χ0n) is 15.0. The van der Waals surface area contributed by atoms with E-state index in [1.54, 1.807) is 49.4 Å². The lowest BCUT2D eigenvalue weighted by Crippen LogP contribution is -2.14. The van der Waals surface area contributed by atoms with Gasteiger partial charge in [-0.1, -0.05) is 23.7 Å². The first kappa shape index (κ1) is 20.5. The molecular formula is C20H19ClO6. The molecule has 0 radical (unpaired) electrons. The quantitative estimate of drug-likeness (QED) is 0.389. The van der Waals surface area contributed by atoms with E-state index in [1.807, 2.05) is 0 Å². The summed E-state index contributed by atoms with van der Waals surface area (Å²) in [7, 11) is 1.43. The molecule has 2 rings (SSSR count). The summed E-state index contributed by atoms with van der Waals surface area (Å²) >= 11 is 5.86. The van der Waals surface area contributed by atoms with Crippen molar-refractivity contribution in [2.24, 2.45) is 0 Å². The number of esters is 2. The Bertz CT molecular complexity index is 829. The molecule has 2 aromatic rings. The van der Waals surface area contributed by atoms with Gasteiger partial charge in [0.25, 0.3) is 0 Å². The molecule has 0 N–H and O–H groups in total. The zero-order chi connectivity index (χ0) is 19.8. The molecule has 0 amide bonds. The lowest BCUT2D eigenvalue weighted by atomic mass is 10.00. The highest BCUT2D eigenvalue weighted by molar-refractivity contribution is 6.30. The van der Waals surface area contributed by atoms with Crippen molar-refractivity contribution in [2.75, 3.05) is 13.7 Å². The molecule has 0 aromatic heterocycles. The van der Waals surface area contributed by atoms with Gasteiger partial charge in [-0.25, -0.2) is 0 Å². The molecule has 142 valence electrons. The van der Waals surface area contributed by atoms with E-state index in [1.165, 1.54) is 7.11 Å². The second-order valence-corrected chi connectivity index (χ2v) is 5.91. The van der Waals surface area contributed by atoms with Crippen molar-refractivity contribution in [3.63, 3.8) is 0 Å². The minimum absolute atomic E-state index is 0.136. The van der Waals surface area contributed by atoms with Crippen LogP contribution in [0.5, 0.6) is 5.75 Å². The molecule has 0 fully saturated rings. The first-order valence-corrected chi connectivity index (χ1v) is 8.61. The predicted molar refractivity (Wildman–Crippen MR) is 98.9 cm³/mol. The van der Waals surface area contributed by atoms with Crippen molar-refractivity contribution in [1.82, 2.24) is 0 Å². The summed E-state index contributed by atoms with van der Waals surface area (Å²) < 4.78 is 15.2. The fourth-order valence-electron chi connectivity index (χ4n) is 2.41. The van der Waals surface area contributed by atoms with Crippen LogP contribution >= 0.6 is 11.6 Å². The van der Waals surface area contributed by atoms with Crippen LogP contribution in [0.1, 0.15) is 34.8 Å². The second kappa shape index (κ2) is 9.73. The fraction of sp³-hybridized carbons (Fsp3) is 0.250. The Hall–Kier alpha value is -2.86. The Balaban J connectivity index is 2.16. The number of benzene rings is 2. The number of ketones is 1. The number of carbonyl (C=O) groups excluding carboxylic acids is 3. The van der Waals surface area contributed by atoms with Crippen LogP contribution in [0.25, 0.3) is 0 Å². The van der Waals surface area contributed by atoms with Crippen LogP contribution in [0.2, 0.25) is 5.02 Å². The normalized spacial score (nSPS) is 10.2. The lowest BCUT2D eigenvalue weighted by molar-refractivity contribution is -0.155. The zero-order valence-corrected chi connectivity index (χ0v) is 15.7. The van der Waals surface area contributed by atoms with E-state index in [4.69, 9.17) is 25.8 Å². The van der Waals surface area contributed by atoms with Crippen LogP contribution in [0.4, 0.5) is 0 Å². The Morgan fingerprint density at radius 1 is 0.963 bits per heavy atom. The summed E-state index contributed by atoms with van der Waals surface area (Å²) in [5, 5.41) is 0.528. The van der Waals surface area contributed by atoms with Crippen LogP contribution in [-0.4, -0.2) is 31.4 Å². The molecule has 0 saturated heterocycles.